The van der Waals surface area contributed by atoms with Crippen LogP contribution in [0.2, 0.25) is 0 Å². The molecule has 1 aromatic carbocycles. The minimum atomic E-state index is 0.232. The van der Waals surface area contributed by atoms with E-state index in [1.54, 1.807) is 0 Å². The lowest BCUT2D eigenvalue weighted by atomic mass is 9.80. The second-order valence-corrected chi connectivity index (χ2v) is 8.46. The minimum absolute atomic E-state index is 0.232. The van der Waals surface area contributed by atoms with Gasteiger partial charge >= 0.3 is 0 Å². The molecule has 0 atom stereocenters. The van der Waals surface area contributed by atoms with Crippen molar-refractivity contribution in [3.8, 4) is 11.5 Å². The van der Waals surface area contributed by atoms with E-state index in [0.717, 1.165) is 63.3 Å². The van der Waals surface area contributed by atoms with Crippen molar-refractivity contribution in [2.75, 3.05) is 59.7 Å². The Balaban J connectivity index is 1.28. The van der Waals surface area contributed by atoms with Crippen molar-refractivity contribution in [1.82, 2.24) is 15.5 Å². The topological polar surface area (TPSA) is 67.4 Å². The third-order valence-electron chi connectivity index (χ3n) is 6.59. The van der Waals surface area contributed by atoms with Crippen LogP contribution in [-0.4, -0.2) is 76.1 Å². The highest BCUT2D eigenvalue weighted by molar-refractivity contribution is 5.79. The van der Waals surface area contributed by atoms with Crippen molar-refractivity contribution in [2.45, 2.75) is 44.1 Å². The molecule has 4 rings (SSSR count). The second kappa shape index (κ2) is 10.4. The Morgan fingerprint density at radius 3 is 2.53 bits per heavy atom. The quantitative estimate of drug-likeness (QED) is 0.548. The molecule has 3 aliphatic rings. The van der Waals surface area contributed by atoms with Crippen molar-refractivity contribution in [2.24, 2.45) is 4.99 Å². The number of hydrogen-bond acceptors (Lipinski definition) is 5. The normalized spacial score (nSPS) is 21.8. The maximum absolute atomic E-state index is 5.69. The van der Waals surface area contributed by atoms with Gasteiger partial charge in [0.2, 0.25) is 0 Å². The molecule has 0 radical (unpaired) electrons. The summed E-state index contributed by atoms with van der Waals surface area (Å²) in [5.74, 6) is 2.58. The number of benzene rings is 1. The van der Waals surface area contributed by atoms with Gasteiger partial charge in [0.25, 0.3) is 0 Å². The predicted octanol–water partition coefficient (Wildman–Crippen LogP) is 2.20. The maximum atomic E-state index is 5.69. The molecule has 2 heterocycles. The van der Waals surface area contributed by atoms with Crippen LogP contribution in [0.4, 0.5) is 0 Å². The third-order valence-corrected chi connectivity index (χ3v) is 6.59. The fourth-order valence-electron chi connectivity index (χ4n) is 4.89. The van der Waals surface area contributed by atoms with E-state index in [4.69, 9.17) is 14.2 Å². The molecule has 2 fully saturated rings. The van der Waals surface area contributed by atoms with Gasteiger partial charge in [0.05, 0.1) is 13.2 Å². The van der Waals surface area contributed by atoms with Crippen LogP contribution in [0.3, 0.4) is 0 Å². The molecule has 0 spiro atoms. The first-order valence-corrected chi connectivity index (χ1v) is 11.4. The zero-order chi connectivity index (χ0) is 20.7. The van der Waals surface area contributed by atoms with Crippen molar-refractivity contribution in [3.05, 3.63) is 23.8 Å². The molecular formula is C23H36N4O3. The Kier molecular flexibility index (Phi) is 7.33. The first-order valence-electron chi connectivity index (χ1n) is 11.4. The molecule has 0 bridgehead atoms. The number of rotatable bonds is 6. The number of nitrogens with zero attached hydrogens (tertiary/aromatic N) is 2. The van der Waals surface area contributed by atoms with Gasteiger partial charge in [-0.25, -0.2) is 0 Å². The van der Waals surface area contributed by atoms with Crippen molar-refractivity contribution in [3.63, 3.8) is 0 Å². The molecule has 1 aromatic rings. The lowest BCUT2D eigenvalue weighted by Crippen LogP contribution is -2.60. The van der Waals surface area contributed by atoms with Gasteiger partial charge < -0.3 is 24.8 Å². The summed E-state index contributed by atoms with van der Waals surface area (Å²) < 4.78 is 16.9. The average Bonchev–Trinajstić information content (AvgIpc) is 2.82. The van der Waals surface area contributed by atoms with Crippen molar-refractivity contribution in [1.29, 1.82) is 0 Å². The van der Waals surface area contributed by atoms with Crippen LogP contribution in [-0.2, 0) is 11.2 Å². The highest BCUT2D eigenvalue weighted by atomic mass is 16.6. The fraction of sp³-hybridized carbons (Fsp3) is 0.696. The molecule has 30 heavy (non-hydrogen) atoms. The molecule has 1 saturated heterocycles. The summed E-state index contributed by atoms with van der Waals surface area (Å²) in [5.41, 5.74) is 1.47. The Morgan fingerprint density at radius 2 is 1.77 bits per heavy atom. The number of hydrogen-bond donors (Lipinski definition) is 2. The van der Waals surface area contributed by atoms with Gasteiger partial charge in [-0.15, -0.1) is 0 Å². The van der Waals surface area contributed by atoms with Gasteiger partial charge in [0.15, 0.2) is 17.5 Å². The Labute approximate surface area is 180 Å². The summed E-state index contributed by atoms with van der Waals surface area (Å²) in [5, 5.41) is 7.11. The van der Waals surface area contributed by atoms with E-state index in [9.17, 15) is 0 Å². The summed E-state index contributed by atoms with van der Waals surface area (Å²) in [6.07, 6.45) is 7.41. The average molecular weight is 417 g/mol. The van der Waals surface area contributed by atoms with Gasteiger partial charge in [-0.1, -0.05) is 25.3 Å². The molecule has 1 aliphatic carbocycles. The number of nitrogens with one attached hydrogen (secondary N) is 2. The maximum Gasteiger partial charge on any atom is 0.191 e. The van der Waals surface area contributed by atoms with Gasteiger partial charge in [0, 0.05) is 38.8 Å². The first kappa shape index (κ1) is 21.2. The van der Waals surface area contributed by atoms with E-state index in [1.807, 2.05) is 13.1 Å². The third kappa shape index (κ3) is 5.19. The smallest absolute Gasteiger partial charge is 0.191 e. The van der Waals surface area contributed by atoms with Crippen LogP contribution in [0.1, 0.15) is 37.7 Å². The van der Waals surface area contributed by atoms with E-state index < -0.39 is 0 Å². The summed E-state index contributed by atoms with van der Waals surface area (Å²) in [6, 6.07) is 6.20. The Bertz CT molecular complexity index is 712. The van der Waals surface area contributed by atoms with Crippen LogP contribution in [0.15, 0.2) is 23.2 Å². The van der Waals surface area contributed by atoms with Crippen LogP contribution in [0.25, 0.3) is 0 Å². The molecule has 0 unspecified atom stereocenters. The Hall–Kier alpha value is -1.99. The molecular weight excluding hydrogens is 380 g/mol. The summed E-state index contributed by atoms with van der Waals surface area (Å²) >= 11 is 0. The van der Waals surface area contributed by atoms with E-state index in [2.05, 4.69) is 32.7 Å². The van der Waals surface area contributed by atoms with E-state index in [0.29, 0.717) is 13.2 Å². The van der Waals surface area contributed by atoms with Gasteiger partial charge in [-0.05, 0) is 37.0 Å². The van der Waals surface area contributed by atoms with E-state index in [1.165, 1.54) is 37.7 Å². The predicted molar refractivity (Wildman–Crippen MR) is 119 cm³/mol. The van der Waals surface area contributed by atoms with Gasteiger partial charge in [-0.3, -0.25) is 9.89 Å². The van der Waals surface area contributed by atoms with Crippen LogP contribution in [0, 0.1) is 0 Å². The molecule has 7 nitrogen and oxygen atoms in total. The molecule has 2 aliphatic heterocycles. The largest absolute Gasteiger partial charge is 0.486 e. The lowest BCUT2D eigenvalue weighted by molar-refractivity contribution is -0.0352. The number of morpholine rings is 1. The summed E-state index contributed by atoms with van der Waals surface area (Å²) in [7, 11) is 1.85. The van der Waals surface area contributed by atoms with Crippen molar-refractivity contribution < 1.29 is 14.2 Å². The second-order valence-electron chi connectivity index (χ2n) is 8.46. The Morgan fingerprint density at radius 1 is 1.00 bits per heavy atom. The monoisotopic (exact) mass is 416 g/mol. The standard InChI is InChI=1S/C23H36N4O3/c1-24-22(25-10-7-19-5-6-20-21(17-19)30-16-15-29-20)26-18-23(8-3-2-4-9-23)27-11-13-28-14-12-27/h5-6,17H,2-4,7-16,18H2,1H3,(H2,24,25,26). The van der Waals surface area contributed by atoms with Crippen LogP contribution in [0.5, 0.6) is 11.5 Å². The number of fused-ring (bicyclic) bond motifs is 1. The highest BCUT2D eigenvalue weighted by Crippen LogP contribution is 2.34. The first-order chi connectivity index (χ1) is 14.8. The van der Waals surface area contributed by atoms with Crippen LogP contribution < -0.4 is 20.1 Å². The van der Waals surface area contributed by atoms with E-state index in [-0.39, 0.29) is 5.54 Å². The summed E-state index contributed by atoms with van der Waals surface area (Å²) in [4.78, 5) is 7.11. The minimum Gasteiger partial charge on any atom is -0.486 e. The summed E-state index contributed by atoms with van der Waals surface area (Å²) in [6.45, 7) is 6.79. The molecule has 0 amide bonds. The fourth-order valence-corrected chi connectivity index (χ4v) is 4.89. The molecule has 0 aromatic heterocycles. The van der Waals surface area contributed by atoms with Gasteiger partial charge in [0.1, 0.15) is 13.2 Å². The lowest BCUT2D eigenvalue weighted by Gasteiger charge is -2.48. The highest BCUT2D eigenvalue weighted by Gasteiger charge is 2.38. The van der Waals surface area contributed by atoms with E-state index >= 15 is 0 Å². The van der Waals surface area contributed by atoms with Gasteiger partial charge in [-0.2, -0.15) is 0 Å². The van der Waals surface area contributed by atoms with Crippen LogP contribution >= 0.6 is 0 Å². The number of ether oxygens (including phenoxy) is 3. The van der Waals surface area contributed by atoms with Crippen molar-refractivity contribution >= 4 is 5.96 Å². The number of aliphatic imine (C=N–C) groups is 1. The zero-order valence-electron chi connectivity index (χ0n) is 18.3. The molecule has 7 heteroatoms. The molecule has 2 N–H and O–H groups in total. The number of guanidine groups is 1. The SMILES string of the molecule is CN=C(NCCc1ccc2c(c1)OCCO2)NCC1(N2CCOCC2)CCCCC1. The molecule has 166 valence electrons. The molecule has 1 saturated carbocycles. The zero-order valence-corrected chi connectivity index (χ0v) is 18.3.